The lowest BCUT2D eigenvalue weighted by Crippen LogP contribution is -2.30. The lowest BCUT2D eigenvalue weighted by atomic mass is 10.2. The summed E-state index contributed by atoms with van der Waals surface area (Å²) in [4.78, 5) is 0. The molecule has 0 spiro atoms. The van der Waals surface area contributed by atoms with Crippen LogP contribution in [-0.2, 0) is 11.3 Å². The Morgan fingerprint density at radius 3 is 2.72 bits per heavy atom. The predicted octanol–water partition coefficient (Wildman–Crippen LogP) is 2.22. The van der Waals surface area contributed by atoms with Crippen LogP contribution in [0.5, 0.6) is 0 Å². The summed E-state index contributed by atoms with van der Waals surface area (Å²) < 4.78 is 5.43. The molecule has 100 valence electrons. The van der Waals surface area contributed by atoms with Crippen LogP contribution in [0.3, 0.4) is 0 Å². The molecule has 0 radical (unpaired) electrons. The van der Waals surface area contributed by atoms with Crippen molar-refractivity contribution in [2.45, 2.75) is 25.5 Å². The number of hydrogen-bond donors (Lipinski definition) is 2. The second kappa shape index (κ2) is 7.10. The van der Waals surface area contributed by atoms with E-state index >= 15 is 0 Å². The molecule has 0 saturated heterocycles. The minimum Gasteiger partial charge on any atom is -0.389 e. The van der Waals surface area contributed by atoms with Crippen molar-refractivity contribution in [1.29, 1.82) is 0 Å². The molecule has 0 bridgehead atoms. The Balaban J connectivity index is 1.54. The second-order valence-electron chi connectivity index (χ2n) is 4.89. The van der Waals surface area contributed by atoms with Crippen LogP contribution in [0.2, 0.25) is 5.02 Å². The molecule has 0 aliphatic heterocycles. The van der Waals surface area contributed by atoms with E-state index in [2.05, 4.69) is 5.32 Å². The van der Waals surface area contributed by atoms with Crippen LogP contribution in [0.1, 0.15) is 18.4 Å². The summed E-state index contributed by atoms with van der Waals surface area (Å²) in [5, 5.41) is 13.6. The Morgan fingerprint density at radius 1 is 1.33 bits per heavy atom. The van der Waals surface area contributed by atoms with Crippen molar-refractivity contribution in [1.82, 2.24) is 5.32 Å². The largest absolute Gasteiger partial charge is 0.389 e. The zero-order valence-electron chi connectivity index (χ0n) is 10.4. The number of hydrogen-bond acceptors (Lipinski definition) is 3. The van der Waals surface area contributed by atoms with E-state index in [1.165, 1.54) is 12.8 Å². The van der Waals surface area contributed by atoms with Gasteiger partial charge in [-0.2, -0.15) is 0 Å². The van der Waals surface area contributed by atoms with Gasteiger partial charge in [0.15, 0.2) is 0 Å². The first-order chi connectivity index (χ1) is 8.74. The average Bonchev–Trinajstić information content (AvgIpc) is 3.16. The number of benzene rings is 1. The third-order valence-corrected chi connectivity index (χ3v) is 3.24. The van der Waals surface area contributed by atoms with Crippen molar-refractivity contribution in [2.75, 3.05) is 19.8 Å². The van der Waals surface area contributed by atoms with Crippen molar-refractivity contribution >= 4 is 11.6 Å². The molecule has 1 unspecified atom stereocenters. The number of aliphatic hydroxyl groups excluding tert-OH is 1. The SMILES string of the molecule is OC(CNCc1ccc(Cl)cc1)COCC1CC1. The first kappa shape index (κ1) is 13.8. The Labute approximate surface area is 113 Å². The average molecular weight is 270 g/mol. The molecule has 1 fully saturated rings. The zero-order chi connectivity index (χ0) is 12.8. The van der Waals surface area contributed by atoms with Crippen LogP contribution in [0.25, 0.3) is 0 Å². The van der Waals surface area contributed by atoms with Crippen molar-refractivity contribution in [3.05, 3.63) is 34.9 Å². The third-order valence-electron chi connectivity index (χ3n) is 2.98. The van der Waals surface area contributed by atoms with Gasteiger partial charge in [-0.3, -0.25) is 0 Å². The summed E-state index contributed by atoms with van der Waals surface area (Å²) in [5.74, 6) is 0.749. The fraction of sp³-hybridized carbons (Fsp3) is 0.571. The lowest BCUT2D eigenvalue weighted by molar-refractivity contribution is 0.0324. The van der Waals surface area contributed by atoms with E-state index in [4.69, 9.17) is 16.3 Å². The molecular weight excluding hydrogens is 250 g/mol. The second-order valence-corrected chi connectivity index (χ2v) is 5.33. The quantitative estimate of drug-likeness (QED) is 0.760. The number of aliphatic hydroxyl groups is 1. The number of halogens is 1. The lowest BCUT2D eigenvalue weighted by Gasteiger charge is -2.12. The summed E-state index contributed by atoms with van der Waals surface area (Å²) in [6.07, 6.45) is 2.13. The van der Waals surface area contributed by atoms with Crippen molar-refractivity contribution in [3.8, 4) is 0 Å². The van der Waals surface area contributed by atoms with Crippen LogP contribution in [0.15, 0.2) is 24.3 Å². The molecule has 2 rings (SSSR count). The van der Waals surface area contributed by atoms with Gasteiger partial charge in [0, 0.05) is 24.7 Å². The zero-order valence-corrected chi connectivity index (χ0v) is 11.2. The van der Waals surface area contributed by atoms with E-state index in [1.807, 2.05) is 24.3 Å². The number of rotatable bonds is 8. The minimum absolute atomic E-state index is 0.421. The molecule has 1 aliphatic rings. The maximum Gasteiger partial charge on any atom is 0.0897 e. The van der Waals surface area contributed by atoms with Crippen LogP contribution < -0.4 is 5.32 Å². The third kappa shape index (κ3) is 5.36. The first-order valence-electron chi connectivity index (χ1n) is 6.45. The Hall–Kier alpha value is -0.610. The summed E-state index contributed by atoms with van der Waals surface area (Å²) in [5.41, 5.74) is 1.16. The van der Waals surface area contributed by atoms with Crippen molar-refractivity contribution in [3.63, 3.8) is 0 Å². The van der Waals surface area contributed by atoms with Gasteiger partial charge in [-0.05, 0) is 36.5 Å². The fourth-order valence-corrected chi connectivity index (χ4v) is 1.83. The van der Waals surface area contributed by atoms with E-state index in [-0.39, 0.29) is 0 Å². The highest BCUT2D eigenvalue weighted by Gasteiger charge is 2.21. The number of ether oxygens (including phenoxy) is 1. The normalized spacial score (nSPS) is 16.8. The first-order valence-corrected chi connectivity index (χ1v) is 6.83. The molecule has 0 amide bonds. The molecular formula is C14H20ClNO2. The van der Waals surface area contributed by atoms with E-state index in [0.29, 0.717) is 13.2 Å². The van der Waals surface area contributed by atoms with Crippen molar-refractivity contribution < 1.29 is 9.84 Å². The Morgan fingerprint density at radius 2 is 2.06 bits per heavy atom. The van der Waals surface area contributed by atoms with Crippen LogP contribution in [0, 0.1) is 5.92 Å². The van der Waals surface area contributed by atoms with E-state index in [9.17, 15) is 5.11 Å². The predicted molar refractivity (Wildman–Crippen MR) is 72.7 cm³/mol. The van der Waals surface area contributed by atoms with Gasteiger partial charge >= 0.3 is 0 Å². The van der Waals surface area contributed by atoms with Gasteiger partial charge in [-0.1, -0.05) is 23.7 Å². The molecule has 1 aromatic carbocycles. The maximum absolute atomic E-state index is 9.70. The van der Waals surface area contributed by atoms with Gasteiger partial charge in [0.2, 0.25) is 0 Å². The summed E-state index contributed by atoms with van der Waals surface area (Å²) in [7, 11) is 0. The van der Waals surface area contributed by atoms with Gasteiger partial charge in [0.1, 0.15) is 0 Å². The number of nitrogens with one attached hydrogen (secondary N) is 1. The molecule has 1 aliphatic carbocycles. The summed E-state index contributed by atoms with van der Waals surface area (Å²) in [6, 6.07) is 7.69. The van der Waals surface area contributed by atoms with Gasteiger partial charge in [-0.15, -0.1) is 0 Å². The van der Waals surface area contributed by atoms with Gasteiger partial charge in [-0.25, -0.2) is 0 Å². The monoisotopic (exact) mass is 269 g/mol. The Bertz CT molecular complexity index is 351. The fourth-order valence-electron chi connectivity index (χ4n) is 1.70. The topological polar surface area (TPSA) is 41.5 Å². The molecule has 2 N–H and O–H groups in total. The minimum atomic E-state index is -0.434. The van der Waals surface area contributed by atoms with E-state index < -0.39 is 6.10 Å². The van der Waals surface area contributed by atoms with Crippen LogP contribution in [0.4, 0.5) is 0 Å². The summed E-state index contributed by atoms with van der Waals surface area (Å²) >= 11 is 5.81. The smallest absolute Gasteiger partial charge is 0.0897 e. The van der Waals surface area contributed by atoms with E-state index in [1.54, 1.807) is 0 Å². The van der Waals surface area contributed by atoms with Crippen LogP contribution in [-0.4, -0.2) is 31.0 Å². The standard InChI is InChI=1S/C14H20ClNO2/c15-13-5-3-11(4-6-13)7-16-8-14(17)10-18-9-12-1-2-12/h3-6,12,14,16-17H,1-2,7-10H2. The molecule has 18 heavy (non-hydrogen) atoms. The maximum atomic E-state index is 9.70. The molecule has 1 saturated carbocycles. The van der Waals surface area contributed by atoms with Gasteiger partial charge in [0.25, 0.3) is 0 Å². The molecule has 1 aromatic rings. The summed E-state index contributed by atoms with van der Waals surface area (Å²) in [6.45, 7) is 2.50. The highest BCUT2D eigenvalue weighted by Crippen LogP contribution is 2.28. The molecule has 1 atom stereocenters. The van der Waals surface area contributed by atoms with E-state index in [0.717, 1.165) is 29.7 Å². The highest BCUT2D eigenvalue weighted by molar-refractivity contribution is 6.30. The molecule has 4 heteroatoms. The van der Waals surface area contributed by atoms with Crippen LogP contribution >= 0.6 is 11.6 Å². The molecule has 3 nitrogen and oxygen atoms in total. The van der Waals surface area contributed by atoms with Crippen molar-refractivity contribution in [2.24, 2.45) is 5.92 Å². The molecule has 0 aromatic heterocycles. The van der Waals surface area contributed by atoms with Gasteiger partial charge in [0.05, 0.1) is 12.7 Å². The van der Waals surface area contributed by atoms with Gasteiger partial charge < -0.3 is 15.2 Å². The highest BCUT2D eigenvalue weighted by atomic mass is 35.5. The Kier molecular flexibility index (Phi) is 5.45. The molecule has 0 heterocycles.